The molecule has 0 aliphatic carbocycles. The van der Waals surface area contributed by atoms with Crippen molar-refractivity contribution in [2.45, 2.75) is 13.5 Å². The fourth-order valence-corrected chi connectivity index (χ4v) is 3.48. The van der Waals surface area contributed by atoms with Gasteiger partial charge in [-0.15, -0.1) is 5.10 Å². The van der Waals surface area contributed by atoms with Crippen LogP contribution in [-0.4, -0.2) is 60.3 Å². The third kappa shape index (κ3) is 3.84. The second kappa shape index (κ2) is 8.50. The highest BCUT2D eigenvalue weighted by molar-refractivity contribution is 6.09. The number of carbonyl (C=O) groups excluding carboxylic acids is 2. The maximum Gasteiger partial charge on any atom is 0.340 e. The lowest BCUT2D eigenvalue weighted by Crippen LogP contribution is -2.36. The molecule has 0 saturated carbocycles. The Morgan fingerprint density at radius 1 is 1.17 bits per heavy atom. The lowest BCUT2D eigenvalue weighted by Gasteiger charge is -2.29. The molecule has 4 rings (SSSR count). The molecule has 1 aliphatic heterocycles. The summed E-state index contributed by atoms with van der Waals surface area (Å²) in [5.74, 6) is -0.853. The molecule has 1 N–H and O–H groups in total. The van der Waals surface area contributed by atoms with Crippen LogP contribution in [0.25, 0.3) is 11.0 Å². The van der Waals surface area contributed by atoms with Crippen molar-refractivity contribution in [3.63, 3.8) is 0 Å². The molecule has 2 heterocycles. The number of hydrogen-bond donors (Lipinski definition) is 1. The molecule has 9 nitrogen and oxygen atoms in total. The van der Waals surface area contributed by atoms with Gasteiger partial charge in [0.05, 0.1) is 37.1 Å². The van der Waals surface area contributed by atoms with Crippen LogP contribution >= 0.6 is 0 Å². The van der Waals surface area contributed by atoms with Crippen LogP contribution in [0.4, 0.5) is 11.4 Å². The maximum atomic E-state index is 12.8. The molecule has 30 heavy (non-hydrogen) atoms. The van der Waals surface area contributed by atoms with Crippen LogP contribution in [0.15, 0.2) is 36.4 Å². The Balaban J connectivity index is 1.61. The topological polar surface area (TPSA) is 98.6 Å². The Bertz CT molecular complexity index is 1090. The van der Waals surface area contributed by atoms with Crippen molar-refractivity contribution in [3.05, 3.63) is 47.5 Å². The highest BCUT2D eigenvalue weighted by atomic mass is 16.5. The van der Waals surface area contributed by atoms with Gasteiger partial charge in [-0.1, -0.05) is 5.21 Å². The zero-order chi connectivity index (χ0) is 21.1. The third-order valence-electron chi connectivity index (χ3n) is 5.11. The average Bonchev–Trinajstić information content (AvgIpc) is 3.21. The number of aryl methyl sites for hydroxylation is 1. The van der Waals surface area contributed by atoms with Crippen LogP contribution in [0.1, 0.15) is 27.6 Å². The van der Waals surface area contributed by atoms with Gasteiger partial charge < -0.3 is 19.7 Å². The lowest BCUT2D eigenvalue weighted by atomic mass is 10.1. The van der Waals surface area contributed by atoms with Gasteiger partial charge in [0.2, 0.25) is 0 Å². The zero-order valence-corrected chi connectivity index (χ0v) is 16.9. The van der Waals surface area contributed by atoms with Crippen molar-refractivity contribution in [1.82, 2.24) is 15.0 Å². The minimum absolute atomic E-state index is 0.299. The van der Waals surface area contributed by atoms with E-state index in [2.05, 4.69) is 20.5 Å². The van der Waals surface area contributed by atoms with Crippen LogP contribution in [0.3, 0.4) is 0 Å². The minimum Gasteiger partial charge on any atom is -0.465 e. The molecule has 3 aromatic rings. The second-order valence-electron chi connectivity index (χ2n) is 6.88. The SMILES string of the molecule is CCn1nnc2cc(C(=O)Nc3ccc(N4CCOCC4)cc3C(=O)OC)ccc21. The van der Waals surface area contributed by atoms with Crippen molar-refractivity contribution in [2.24, 2.45) is 0 Å². The molecule has 1 fully saturated rings. The fraction of sp³-hybridized carbons (Fsp3) is 0.333. The summed E-state index contributed by atoms with van der Waals surface area (Å²) in [6, 6.07) is 10.6. The summed E-state index contributed by atoms with van der Waals surface area (Å²) < 4.78 is 12.1. The first-order valence-electron chi connectivity index (χ1n) is 9.80. The van der Waals surface area contributed by atoms with Gasteiger partial charge in [-0.2, -0.15) is 0 Å². The van der Waals surface area contributed by atoms with E-state index >= 15 is 0 Å². The Labute approximate surface area is 173 Å². The first-order chi connectivity index (χ1) is 14.6. The molecule has 9 heteroatoms. The number of morpholine rings is 1. The van der Waals surface area contributed by atoms with Crippen molar-refractivity contribution in [1.29, 1.82) is 0 Å². The molecule has 2 aromatic carbocycles. The van der Waals surface area contributed by atoms with Crippen molar-refractivity contribution in [2.75, 3.05) is 43.6 Å². The van der Waals surface area contributed by atoms with Gasteiger partial charge in [0.15, 0.2) is 0 Å². The number of aromatic nitrogens is 3. The number of nitrogens with one attached hydrogen (secondary N) is 1. The first kappa shape index (κ1) is 19.8. The summed E-state index contributed by atoms with van der Waals surface area (Å²) in [5, 5.41) is 11.0. The van der Waals surface area contributed by atoms with Crippen LogP contribution in [0.2, 0.25) is 0 Å². The number of anilines is 2. The van der Waals surface area contributed by atoms with Crippen molar-refractivity contribution >= 4 is 34.3 Å². The van der Waals surface area contributed by atoms with Gasteiger partial charge in [-0.25, -0.2) is 9.48 Å². The molecule has 1 saturated heterocycles. The third-order valence-corrected chi connectivity index (χ3v) is 5.11. The Kier molecular flexibility index (Phi) is 5.62. The van der Waals surface area contributed by atoms with Gasteiger partial charge in [0, 0.05) is 30.9 Å². The highest BCUT2D eigenvalue weighted by Gasteiger charge is 2.19. The van der Waals surface area contributed by atoms with E-state index in [1.54, 1.807) is 28.9 Å². The second-order valence-corrected chi connectivity index (χ2v) is 6.88. The number of esters is 1. The van der Waals surface area contributed by atoms with E-state index in [1.807, 2.05) is 19.1 Å². The number of ether oxygens (including phenoxy) is 2. The van der Waals surface area contributed by atoms with Crippen molar-refractivity contribution < 1.29 is 19.1 Å². The summed E-state index contributed by atoms with van der Waals surface area (Å²) in [4.78, 5) is 27.3. The van der Waals surface area contributed by atoms with Crippen LogP contribution < -0.4 is 10.2 Å². The van der Waals surface area contributed by atoms with E-state index in [0.29, 0.717) is 42.1 Å². The average molecular weight is 409 g/mol. The quantitative estimate of drug-likeness (QED) is 0.646. The molecule has 0 atom stereocenters. The number of nitrogens with zero attached hydrogens (tertiary/aromatic N) is 4. The van der Waals surface area contributed by atoms with Gasteiger partial charge >= 0.3 is 5.97 Å². The van der Waals surface area contributed by atoms with E-state index in [-0.39, 0.29) is 5.91 Å². The normalized spacial score (nSPS) is 14.0. The Morgan fingerprint density at radius 3 is 2.70 bits per heavy atom. The molecular weight excluding hydrogens is 386 g/mol. The number of benzene rings is 2. The molecule has 1 amide bonds. The van der Waals surface area contributed by atoms with E-state index in [1.165, 1.54) is 7.11 Å². The van der Waals surface area contributed by atoms with Crippen LogP contribution in [0, 0.1) is 0 Å². The van der Waals surface area contributed by atoms with E-state index < -0.39 is 5.97 Å². The van der Waals surface area contributed by atoms with E-state index in [9.17, 15) is 9.59 Å². The molecule has 0 bridgehead atoms. The largest absolute Gasteiger partial charge is 0.465 e. The predicted octanol–water partition coefficient (Wildman–Crippen LogP) is 2.33. The number of hydrogen-bond acceptors (Lipinski definition) is 7. The number of rotatable bonds is 5. The van der Waals surface area contributed by atoms with Gasteiger partial charge in [0.25, 0.3) is 5.91 Å². The highest BCUT2D eigenvalue weighted by Crippen LogP contribution is 2.26. The monoisotopic (exact) mass is 409 g/mol. The number of carbonyl (C=O) groups is 2. The maximum absolute atomic E-state index is 12.8. The van der Waals surface area contributed by atoms with Gasteiger partial charge in [-0.05, 0) is 43.3 Å². The van der Waals surface area contributed by atoms with Gasteiger partial charge in [0.1, 0.15) is 5.52 Å². The molecule has 1 aliphatic rings. The van der Waals surface area contributed by atoms with E-state index in [0.717, 1.165) is 24.3 Å². The fourth-order valence-electron chi connectivity index (χ4n) is 3.48. The summed E-state index contributed by atoms with van der Waals surface area (Å²) >= 11 is 0. The van der Waals surface area contributed by atoms with E-state index in [4.69, 9.17) is 9.47 Å². The minimum atomic E-state index is -0.512. The zero-order valence-electron chi connectivity index (χ0n) is 16.9. The van der Waals surface area contributed by atoms with Crippen molar-refractivity contribution in [3.8, 4) is 0 Å². The number of methoxy groups -OCH3 is 1. The molecule has 0 spiro atoms. The summed E-state index contributed by atoms with van der Waals surface area (Å²) in [7, 11) is 1.32. The van der Waals surface area contributed by atoms with Crippen LogP contribution in [0.5, 0.6) is 0 Å². The number of fused-ring (bicyclic) bond motifs is 1. The number of amides is 1. The first-order valence-corrected chi connectivity index (χ1v) is 9.80. The summed E-state index contributed by atoms with van der Waals surface area (Å²) in [6.07, 6.45) is 0. The lowest BCUT2D eigenvalue weighted by molar-refractivity contribution is 0.0602. The molecular formula is C21H23N5O4. The Morgan fingerprint density at radius 2 is 1.97 bits per heavy atom. The molecule has 0 unspecified atom stereocenters. The molecule has 1 aromatic heterocycles. The standard InChI is InChI=1S/C21H23N5O4/c1-3-26-19-7-4-14(12-18(19)23-24-26)20(27)22-17-6-5-15(13-16(17)21(28)29-2)25-8-10-30-11-9-25/h4-7,12-13H,3,8-11H2,1-2H3,(H,22,27). The molecule has 0 radical (unpaired) electrons. The predicted molar refractivity (Wildman–Crippen MR) is 112 cm³/mol. The summed E-state index contributed by atoms with van der Waals surface area (Å²) in [5.41, 5.74) is 3.50. The van der Waals surface area contributed by atoms with Crippen LogP contribution in [-0.2, 0) is 16.0 Å². The smallest absolute Gasteiger partial charge is 0.340 e. The van der Waals surface area contributed by atoms with Gasteiger partial charge in [-0.3, -0.25) is 4.79 Å². The summed E-state index contributed by atoms with van der Waals surface area (Å²) in [6.45, 7) is 5.42. The Hall–Kier alpha value is -3.46. The molecule has 156 valence electrons.